The molecule has 0 aliphatic heterocycles. The maximum absolute atomic E-state index is 12.1. The molecule has 0 bridgehead atoms. The fourth-order valence-electron chi connectivity index (χ4n) is 3.07. The number of fused-ring (bicyclic) bond motifs is 2. The zero-order chi connectivity index (χ0) is 14.9. The summed E-state index contributed by atoms with van der Waals surface area (Å²) in [6.45, 7) is -0.589. The standard InChI is InChI=1S/C16H19F3N2/c17-16(18,19)10-20-6-5-13-9-21-15-8-12-4-2-1-3-11(12)7-14(13)15/h7-9,20-21H,1-6,10H2. The van der Waals surface area contributed by atoms with Gasteiger partial charge in [0.25, 0.3) is 0 Å². The molecule has 0 fully saturated rings. The molecule has 2 N–H and O–H groups in total. The first-order valence-electron chi connectivity index (χ1n) is 7.42. The second kappa shape index (κ2) is 5.72. The molecule has 5 heteroatoms. The minimum absolute atomic E-state index is 0.337. The van der Waals surface area contributed by atoms with Gasteiger partial charge in [-0.1, -0.05) is 0 Å². The molecule has 2 aromatic rings. The Morgan fingerprint density at radius 1 is 1.10 bits per heavy atom. The van der Waals surface area contributed by atoms with E-state index in [1.165, 1.54) is 24.0 Å². The fourth-order valence-corrected chi connectivity index (χ4v) is 3.07. The van der Waals surface area contributed by atoms with Crippen LogP contribution in [0.3, 0.4) is 0 Å². The highest BCUT2D eigenvalue weighted by atomic mass is 19.4. The maximum Gasteiger partial charge on any atom is 0.401 e. The van der Waals surface area contributed by atoms with Crippen molar-refractivity contribution in [1.82, 2.24) is 10.3 Å². The lowest BCUT2D eigenvalue weighted by Gasteiger charge is -2.15. The van der Waals surface area contributed by atoms with Crippen molar-refractivity contribution in [1.29, 1.82) is 0 Å². The number of aryl methyl sites for hydroxylation is 2. The number of aromatic nitrogens is 1. The second-order valence-electron chi connectivity index (χ2n) is 5.73. The van der Waals surface area contributed by atoms with Crippen molar-refractivity contribution in [3.05, 3.63) is 35.0 Å². The van der Waals surface area contributed by atoms with Crippen molar-refractivity contribution >= 4 is 10.9 Å². The van der Waals surface area contributed by atoms with E-state index < -0.39 is 12.7 Å². The fraction of sp³-hybridized carbons (Fsp3) is 0.500. The van der Waals surface area contributed by atoms with E-state index in [2.05, 4.69) is 22.4 Å². The predicted molar refractivity (Wildman–Crippen MR) is 77.6 cm³/mol. The monoisotopic (exact) mass is 296 g/mol. The van der Waals surface area contributed by atoms with Crippen LogP contribution in [0.1, 0.15) is 29.5 Å². The van der Waals surface area contributed by atoms with Gasteiger partial charge in [0.15, 0.2) is 0 Å². The highest BCUT2D eigenvalue weighted by molar-refractivity contribution is 5.85. The average Bonchev–Trinajstić information content (AvgIpc) is 2.82. The second-order valence-corrected chi connectivity index (χ2v) is 5.73. The summed E-state index contributed by atoms with van der Waals surface area (Å²) in [7, 11) is 0. The van der Waals surface area contributed by atoms with E-state index in [0.29, 0.717) is 13.0 Å². The van der Waals surface area contributed by atoms with Gasteiger partial charge in [0.2, 0.25) is 0 Å². The van der Waals surface area contributed by atoms with Crippen LogP contribution in [0.15, 0.2) is 18.3 Å². The molecule has 0 saturated heterocycles. The van der Waals surface area contributed by atoms with Crippen LogP contribution in [0.2, 0.25) is 0 Å². The van der Waals surface area contributed by atoms with Gasteiger partial charge >= 0.3 is 6.18 Å². The van der Waals surface area contributed by atoms with Crippen LogP contribution in [0, 0.1) is 0 Å². The summed E-state index contributed by atoms with van der Waals surface area (Å²) < 4.78 is 36.3. The molecule has 21 heavy (non-hydrogen) atoms. The van der Waals surface area contributed by atoms with E-state index in [0.717, 1.165) is 29.3 Å². The van der Waals surface area contributed by atoms with Gasteiger partial charge in [0.05, 0.1) is 6.54 Å². The van der Waals surface area contributed by atoms with Crippen LogP contribution in [-0.2, 0) is 19.3 Å². The van der Waals surface area contributed by atoms with E-state index in [4.69, 9.17) is 0 Å². The van der Waals surface area contributed by atoms with Crippen molar-refractivity contribution in [2.75, 3.05) is 13.1 Å². The summed E-state index contributed by atoms with van der Waals surface area (Å²) in [6.07, 6.45) is 3.10. The molecule has 0 spiro atoms. The Labute approximate surface area is 121 Å². The van der Waals surface area contributed by atoms with Crippen LogP contribution in [0.4, 0.5) is 13.2 Å². The molecule has 114 valence electrons. The number of benzene rings is 1. The Balaban J connectivity index is 1.71. The number of hydrogen-bond donors (Lipinski definition) is 2. The van der Waals surface area contributed by atoms with Crippen molar-refractivity contribution < 1.29 is 13.2 Å². The summed E-state index contributed by atoms with van der Waals surface area (Å²) in [5.41, 5.74) is 5.00. The highest BCUT2D eigenvalue weighted by Gasteiger charge is 2.26. The van der Waals surface area contributed by atoms with Gasteiger partial charge in [-0.15, -0.1) is 0 Å². The van der Waals surface area contributed by atoms with Crippen LogP contribution >= 0.6 is 0 Å². The first kappa shape index (κ1) is 14.4. The first-order chi connectivity index (χ1) is 10.0. The number of alkyl halides is 3. The number of halogens is 3. The van der Waals surface area contributed by atoms with Gasteiger partial charge in [-0.2, -0.15) is 13.2 Å². The summed E-state index contributed by atoms with van der Waals surface area (Å²) in [6, 6.07) is 4.43. The summed E-state index contributed by atoms with van der Waals surface area (Å²) in [5, 5.41) is 3.61. The van der Waals surface area contributed by atoms with Gasteiger partial charge in [-0.3, -0.25) is 0 Å². The minimum atomic E-state index is -4.14. The molecule has 1 aliphatic rings. The molecular formula is C16H19F3N2. The van der Waals surface area contributed by atoms with Crippen LogP contribution < -0.4 is 5.32 Å². The lowest BCUT2D eigenvalue weighted by atomic mass is 9.90. The Morgan fingerprint density at radius 2 is 1.81 bits per heavy atom. The molecule has 0 atom stereocenters. The summed E-state index contributed by atoms with van der Waals surface area (Å²) in [5.74, 6) is 0. The van der Waals surface area contributed by atoms with E-state index in [1.54, 1.807) is 0 Å². The normalized spacial score (nSPS) is 15.4. The Hall–Kier alpha value is -1.49. The SMILES string of the molecule is FC(F)(F)CNCCc1c[nH]c2cc3c(cc12)CCCC3. The van der Waals surface area contributed by atoms with Gasteiger partial charge in [0.1, 0.15) is 0 Å². The van der Waals surface area contributed by atoms with Gasteiger partial charge in [-0.25, -0.2) is 0 Å². The molecule has 0 saturated carbocycles. The number of H-pyrrole nitrogens is 1. The van der Waals surface area contributed by atoms with Gasteiger partial charge in [-0.05, 0) is 67.5 Å². The molecule has 0 radical (unpaired) electrons. The van der Waals surface area contributed by atoms with E-state index in [1.807, 2.05) is 6.20 Å². The number of rotatable bonds is 4. The smallest absolute Gasteiger partial charge is 0.361 e. The van der Waals surface area contributed by atoms with E-state index >= 15 is 0 Å². The Bertz CT molecular complexity index is 628. The lowest BCUT2D eigenvalue weighted by Crippen LogP contribution is -2.30. The van der Waals surface area contributed by atoms with E-state index in [9.17, 15) is 13.2 Å². The predicted octanol–water partition coefficient (Wildman–Crippen LogP) is 3.74. The highest BCUT2D eigenvalue weighted by Crippen LogP contribution is 2.28. The average molecular weight is 296 g/mol. The third kappa shape index (κ3) is 3.40. The van der Waals surface area contributed by atoms with Crippen molar-refractivity contribution in [2.45, 2.75) is 38.3 Å². The van der Waals surface area contributed by atoms with Crippen LogP contribution in [0.25, 0.3) is 10.9 Å². The topological polar surface area (TPSA) is 27.8 Å². The minimum Gasteiger partial charge on any atom is -0.361 e. The molecule has 1 aromatic heterocycles. The Kier molecular flexibility index (Phi) is 3.93. The molecule has 3 rings (SSSR count). The molecule has 1 aromatic carbocycles. The van der Waals surface area contributed by atoms with Gasteiger partial charge in [0, 0.05) is 17.1 Å². The molecule has 1 aliphatic carbocycles. The number of nitrogens with one attached hydrogen (secondary N) is 2. The molecule has 0 amide bonds. The number of aromatic amines is 1. The number of hydrogen-bond acceptors (Lipinski definition) is 1. The lowest BCUT2D eigenvalue weighted by molar-refractivity contribution is -0.124. The Morgan fingerprint density at radius 3 is 2.52 bits per heavy atom. The maximum atomic E-state index is 12.1. The zero-order valence-corrected chi connectivity index (χ0v) is 11.8. The summed E-state index contributed by atoms with van der Waals surface area (Å²) in [4.78, 5) is 3.25. The van der Waals surface area contributed by atoms with Crippen LogP contribution in [-0.4, -0.2) is 24.2 Å². The van der Waals surface area contributed by atoms with Crippen molar-refractivity contribution in [3.8, 4) is 0 Å². The summed E-state index contributed by atoms with van der Waals surface area (Å²) >= 11 is 0. The molecule has 0 unspecified atom stereocenters. The van der Waals surface area contributed by atoms with Gasteiger partial charge < -0.3 is 10.3 Å². The third-order valence-corrected chi connectivity index (χ3v) is 4.13. The van der Waals surface area contributed by atoms with Crippen LogP contribution in [0.5, 0.6) is 0 Å². The van der Waals surface area contributed by atoms with E-state index in [-0.39, 0.29) is 0 Å². The molecule has 2 nitrogen and oxygen atoms in total. The quantitative estimate of drug-likeness (QED) is 0.826. The largest absolute Gasteiger partial charge is 0.401 e. The van der Waals surface area contributed by atoms with Crippen molar-refractivity contribution in [2.24, 2.45) is 0 Å². The molecular weight excluding hydrogens is 277 g/mol. The third-order valence-electron chi connectivity index (χ3n) is 4.13. The first-order valence-corrected chi connectivity index (χ1v) is 7.42. The van der Waals surface area contributed by atoms with Crippen molar-refractivity contribution in [3.63, 3.8) is 0 Å². The zero-order valence-electron chi connectivity index (χ0n) is 11.8. The molecule has 1 heterocycles.